The molecule has 0 aliphatic heterocycles. The minimum Gasteiger partial charge on any atom is -0.382 e. The van der Waals surface area contributed by atoms with Crippen LogP contribution in [0.25, 0.3) is 0 Å². The third kappa shape index (κ3) is 2.87. The largest absolute Gasteiger partial charge is 0.382 e. The smallest absolute Gasteiger partial charge is 0.143 e. The lowest BCUT2D eigenvalue weighted by Gasteiger charge is -2.04. The Bertz CT molecular complexity index is 578. The molecule has 0 spiro atoms. The molecule has 0 aliphatic carbocycles. The molecule has 2 rings (SSSR count). The van der Waals surface area contributed by atoms with Gasteiger partial charge < -0.3 is 5.73 Å². The van der Waals surface area contributed by atoms with E-state index in [1.807, 2.05) is 0 Å². The van der Waals surface area contributed by atoms with Crippen molar-refractivity contribution in [1.29, 1.82) is 5.41 Å². The zero-order chi connectivity index (χ0) is 13.1. The Morgan fingerprint density at radius 3 is 2.50 bits per heavy atom. The summed E-state index contributed by atoms with van der Waals surface area (Å²) in [5.74, 6) is -0.0646. The van der Waals surface area contributed by atoms with E-state index in [-0.39, 0.29) is 5.84 Å². The molecule has 0 saturated carbocycles. The van der Waals surface area contributed by atoms with Crippen LogP contribution in [0, 0.1) is 19.3 Å². The fourth-order valence-electron chi connectivity index (χ4n) is 1.41. The van der Waals surface area contributed by atoms with Gasteiger partial charge in [0.15, 0.2) is 0 Å². The molecule has 5 heteroatoms. The van der Waals surface area contributed by atoms with Gasteiger partial charge in [0.25, 0.3) is 0 Å². The number of aryl methyl sites for hydroxylation is 2. The van der Waals surface area contributed by atoms with Crippen LogP contribution in [0.2, 0.25) is 0 Å². The molecule has 92 valence electrons. The van der Waals surface area contributed by atoms with Crippen LogP contribution >= 0.6 is 11.8 Å². The first-order valence-corrected chi connectivity index (χ1v) is 6.29. The average molecular weight is 258 g/mol. The number of nitrogens with zero attached hydrogens (tertiary/aromatic N) is 2. The number of nitrogen functional groups attached to an aromatic ring is 1. The second kappa shape index (κ2) is 5.18. The van der Waals surface area contributed by atoms with Crippen LogP contribution in [0.5, 0.6) is 0 Å². The molecule has 1 aromatic carbocycles. The molecular weight excluding hydrogens is 244 g/mol. The van der Waals surface area contributed by atoms with Gasteiger partial charge in [-0.3, -0.25) is 5.41 Å². The standard InChI is InChI=1S/C13H14N4S/c1-8-3-4-10(5-9(8)2)18-12-7-16-11(6-17-12)13(14)15/h3-7H,1-2H3,(H3,14,15). The van der Waals surface area contributed by atoms with Crippen LogP contribution in [0.4, 0.5) is 0 Å². The maximum atomic E-state index is 7.25. The Hall–Kier alpha value is -1.88. The van der Waals surface area contributed by atoms with E-state index in [0.717, 1.165) is 9.92 Å². The molecule has 0 amide bonds. The third-order valence-electron chi connectivity index (χ3n) is 2.60. The minimum absolute atomic E-state index is 0.0646. The fraction of sp³-hybridized carbons (Fsp3) is 0.154. The van der Waals surface area contributed by atoms with Crippen molar-refractivity contribution in [3.63, 3.8) is 0 Å². The number of hydrogen-bond donors (Lipinski definition) is 2. The van der Waals surface area contributed by atoms with Gasteiger partial charge in [0, 0.05) is 4.90 Å². The molecule has 0 fully saturated rings. The fourth-order valence-corrected chi connectivity index (χ4v) is 2.23. The first kappa shape index (κ1) is 12.6. The van der Waals surface area contributed by atoms with Gasteiger partial charge in [0.1, 0.15) is 16.6 Å². The highest BCUT2D eigenvalue weighted by Gasteiger charge is 2.03. The van der Waals surface area contributed by atoms with Crippen molar-refractivity contribution < 1.29 is 0 Å². The summed E-state index contributed by atoms with van der Waals surface area (Å²) in [6.07, 6.45) is 3.16. The van der Waals surface area contributed by atoms with E-state index < -0.39 is 0 Å². The zero-order valence-electron chi connectivity index (χ0n) is 10.3. The van der Waals surface area contributed by atoms with Crippen molar-refractivity contribution >= 4 is 17.6 Å². The molecule has 4 nitrogen and oxygen atoms in total. The second-order valence-electron chi connectivity index (χ2n) is 4.00. The molecule has 0 atom stereocenters. The second-order valence-corrected chi connectivity index (χ2v) is 5.10. The van der Waals surface area contributed by atoms with E-state index in [1.165, 1.54) is 17.3 Å². The summed E-state index contributed by atoms with van der Waals surface area (Å²) in [6, 6.07) is 6.28. The lowest BCUT2D eigenvalue weighted by molar-refractivity contribution is 1.04. The highest BCUT2D eigenvalue weighted by molar-refractivity contribution is 7.99. The van der Waals surface area contributed by atoms with Gasteiger partial charge >= 0.3 is 0 Å². The van der Waals surface area contributed by atoms with E-state index in [2.05, 4.69) is 42.0 Å². The molecule has 1 aromatic heterocycles. The van der Waals surface area contributed by atoms with Crippen molar-refractivity contribution in [3.05, 3.63) is 47.4 Å². The number of hydrogen-bond acceptors (Lipinski definition) is 4. The van der Waals surface area contributed by atoms with Crippen molar-refractivity contribution in [1.82, 2.24) is 9.97 Å². The molecule has 0 radical (unpaired) electrons. The maximum Gasteiger partial charge on any atom is 0.143 e. The Kier molecular flexibility index (Phi) is 3.62. The number of rotatable bonds is 3. The quantitative estimate of drug-likeness (QED) is 0.655. The number of aromatic nitrogens is 2. The summed E-state index contributed by atoms with van der Waals surface area (Å²) in [5, 5.41) is 8.04. The normalized spacial score (nSPS) is 10.3. The van der Waals surface area contributed by atoms with Crippen molar-refractivity contribution in [2.24, 2.45) is 5.73 Å². The molecule has 0 unspecified atom stereocenters. The topological polar surface area (TPSA) is 75.7 Å². The predicted molar refractivity (Wildman–Crippen MR) is 73.1 cm³/mol. The first-order chi connectivity index (χ1) is 8.56. The maximum absolute atomic E-state index is 7.25. The number of benzene rings is 1. The molecule has 0 saturated heterocycles. The molecule has 3 N–H and O–H groups in total. The zero-order valence-corrected chi connectivity index (χ0v) is 11.1. The highest BCUT2D eigenvalue weighted by Crippen LogP contribution is 2.26. The number of amidine groups is 1. The molecule has 1 heterocycles. The molecule has 0 bridgehead atoms. The van der Waals surface area contributed by atoms with E-state index in [1.54, 1.807) is 18.0 Å². The average Bonchev–Trinajstić information content (AvgIpc) is 2.34. The van der Waals surface area contributed by atoms with E-state index in [0.29, 0.717) is 5.69 Å². The Labute approximate surface area is 110 Å². The van der Waals surface area contributed by atoms with Crippen LogP contribution in [0.1, 0.15) is 16.8 Å². The minimum atomic E-state index is -0.0646. The summed E-state index contributed by atoms with van der Waals surface area (Å²) in [4.78, 5) is 9.44. The van der Waals surface area contributed by atoms with E-state index in [4.69, 9.17) is 11.1 Å². The van der Waals surface area contributed by atoms with Crippen LogP contribution in [-0.2, 0) is 0 Å². The molecule has 18 heavy (non-hydrogen) atoms. The van der Waals surface area contributed by atoms with Gasteiger partial charge in [-0.15, -0.1) is 0 Å². The van der Waals surface area contributed by atoms with Crippen LogP contribution in [0.15, 0.2) is 40.5 Å². The highest BCUT2D eigenvalue weighted by atomic mass is 32.2. The van der Waals surface area contributed by atoms with Crippen LogP contribution < -0.4 is 5.73 Å². The van der Waals surface area contributed by atoms with E-state index in [9.17, 15) is 0 Å². The van der Waals surface area contributed by atoms with Gasteiger partial charge in [-0.2, -0.15) is 0 Å². The van der Waals surface area contributed by atoms with Gasteiger partial charge in [-0.1, -0.05) is 17.8 Å². The third-order valence-corrected chi connectivity index (χ3v) is 3.51. The molecular formula is C13H14N4S. The number of nitrogens with two attached hydrogens (primary N) is 1. The Morgan fingerprint density at radius 2 is 1.94 bits per heavy atom. The monoisotopic (exact) mass is 258 g/mol. The van der Waals surface area contributed by atoms with E-state index >= 15 is 0 Å². The van der Waals surface area contributed by atoms with Crippen LogP contribution in [-0.4, -0.2) is 15.8 Å². The summed E-state index contributed by atoms with van der Waals surface area (Å²) < 4.78 is 0. The van der Waals surface area contributed by atoms with Crippen molar-refractivity contribution in [3.8, 4) is 0 Å². The van der Waals surface area contributed by atoms with Gasteiger partial charge in [0.05, 0.1) is 12.4 Å². The lowest BCUT2D eigenvalue weighted by atomic mass is 10.1. The molecule has 2 aromatic rings. The number of nitrogens with one attached hydrogen (secondary N) is 1. The Balaban J connectivity index is 2.18. The van der Waals surface area contributed by atoms with Crippen LogP contribution in [0.3, 0.4) is 0 Å². The first-order valence-electron chi connectivity index (χ1n) is 5.48. The van der Waals surface area contributed by atoms with Gasteiger partial charge in [0.2, 0.25) is 0 Å². The van der Waals surface area contributed by atoms with Crippen molar-refractivity contribution in [2.75, 3.05) is 0 Å². The summed E-state index contributed by atoms with van der Waals surface area (Å²) in [5.41, 5.74) is 8.26. The molecule has 0 aliphatic rings. The van der Waals surface area contributed by atoms with Gasteiger partial charge in [-0.25, -0.2) is 9.97 Å². The SMILES string of the molecule is Cc1ccc(Sc2cnc(C(=N)N)cn2)cc1C. The predicted octanol–water partition coefficient (Wildman–Crippen LogP) is 2.53. The van der Waals surface area contributed by atoms with Gasteiger partial charge in [-0.05, 0) is 37.1 Å². The lowest BCUT2D eigenvalue weighted by Crippen LogP contribution is -2.13. The Morgan fingerprint density at radius 1 is 1.17 bits per heavy atom. The van der Waals surface area contributed by atoms with Crippen molar-refractivity contribution in [2.45, 2.75) is 23.8 Å². The summed E-state index contributed by atoms with van der Waals surface area (Å²) >= 11 is 1.55. The summed E-state index contributed by atoms with van der Waals surface area (Å²) in [6.45, 7) is 4.18. The summed E-state index contributed by atoms with van der Waals surface area (Å²) in [7, 11) is 0.